The van der Waals surface area contributed by atoms with E-state index in [4.69, 9.17) is 5.26 Å². The van der Waals surface area contributed by atoms with Crippen molar-refractivity contribution in [2.75, 3.05) is 0 Å². The second-order valence-electron chi connectivity index (χ2n) is 6.15. The monoisotopic (exact) mass is 280 g/mol. The molecule has 20 heavy (non-hydrogen) atoms. The lowest BCUT2D eigenvalue weighted by Crippen LogP contribution is -2.42. The smallest absolute Gasteiger partial charge is 0.226 e. The molecule has 0 bridgehead atoms. The lowest BCUT2D eigenvalue weighted by Gasteiger charge is -2.29. The normalized spacial score (nSPS) is 15.2. The molecule has 0 spiro atoms. The first kappa shape index (κ1) is 19.0. The Morgan fingerprint density at radius 1 is 1.10 bits per heavy atom. The van der Waals surface area contributed by atoms with Crippen molar-refractivity contribution >= 4 is 5.91 Å². The van der Waals surface area contributed by atoms with Gasteiger partial charge in [0.2, 0.25) is 5.91 Å². The summed E-state index contributed by atoms with van der Waals surface area (Å²) in [5, 5.41) is 11.7. The minimum absolute atomic E-state index is 0.0514. The summed E-state index contributed by atoms with van der Waals surface area (Å²) >= 11 is 0. The number of carbonyl (C=O) groups excluding carboxylic acids is 1. The van der Waals surface area contributed by atoms with Crippen molar-refractivity contribution < 1.29 is 4.79 Å². The molecule has 0 fully saturated rings. The van der Waals surface area contributed by atoms with Gasteiger partial charge < -0.3 is 5.32 Å². The Bertz CT molecular complexity index is 309. The fourth-order valence-corrected chi connectivity index (χ4v) is 2.44. The Hall–Kier alpha value is -1.04. The van der Waals surface area contributed by atoms with Crippen LogP contribution in [0.2, 0.25) is 0 Å². The van der Waals surface area contributed by atoms with E-state index >= 15 is 0 Å². The third kappa shape index (κ3) is 7.53. The van der Waals surface area contributed by atoms with E-state index in [1.807, 2.05) is 0 Å². The molecule has 0 heterocycles. The van der Waals surface area contributed by atoms with Crippen molar-refractivity contribution in [1.29, 1.82) is 5.26 Å². The highest BCUT2D eigenvalue weighted by atomic mass is 16.2. The maximum Gasteiger partial charge on any atom is 0.226 e. The summed E-state index contributed by atoms with van der Waals surface area (Å²) < 4.78 is 0. The lowest BCUT2D eigenvalue weighted by atomic mass is 9.79. The standard InChI is InChI=1S/C17H32N2O/c1-5-7-9-10-11-13-17(4,12-8-6-2)16(20)19-15(3)14-18/h15H,5-13H2,1-4H3,(H,19,20)/t15-,17?/m1/s1. The molecule has 3 nitrogen and oxygen atoms in total. The van der Waals surface area contributed by atoms with Gasteiger partial charge in [-0.15, -0.1) is 0 Å². The molecule has 1 unspecified atom stereocenters. The molecular weight excluding hydrogens is 248 g/mol. The van der Waals surface area contributed by atoms with Crippen LogP contribution in [0.15, 0.2) is 0 Å². The maximum absolute atomic E-state index is 12.4. The number of hydrogen-bond acceptors (Lipinski definition) is 2. The molecule has 2 atom stereocenters. The zero-order valence-electron chi connectivity index (χ0n) is 13.8. The number of nitrogens with zero attached hydrogens (tertiary/aromatic N) is 1. The molecule has 0 radical (unpaired) electrons. The first-order valence-corrected chi connectivity index (χ1v) is 8.20. The Morgan fingerprint density at radius 2 is 1.65 bits per heavy atom. The van der Waals surface area contributed by atoms with Gasteiger partial charge in [-0.1, -0.05) is 65.7 Å². The van der Waals surface area contributed by atoms with Gasteiger partial charge in [0.05, 0.1) is 6.07 Å². The number of unbranched alkanes of at least 4 members (excludes halogenated alkanes) is 5. The van der Waals surface area contributed by atoms with Crippen molar-refractivity contribution in [3.63, 3.8) is 0 Å². The number of nitrogens with one attached hydrogen (secondary N) is 1. The van der Waals surface area contributed by atoms with Gasteiger partial charge in [0.15, 0.2) is 0 Å². The predicted molar refractivity (Wildman–Crippen MR) is 84.2 cm³/mol. The van der Waals surface area contributed by atoms with Gasteiger partial charge in [-0.05, 0) is 19.8 Å². The SMILES string of the molecule is CCCCCCCC(C)(CCCC)C(=O)N[C@H](C)C#N. The molecule has 0 aliphatic carbocycles. The van der Waals surface area contributed by atoms with Gasteiger partial charge in [0, 0.05) is 5.41 Å². The summed E-state index contributed by atoms with van der Waals surface area (Å²) in [6, 6.07) is 1.68. The molecule has 3 heteroatoms. The average Bonchev–Trinajstić information content (AvgIpc) is 2.44. The Labute approximate surface area is 125 Å². The largest absolute Gasteiger partial charge is 0.340 e. The van der Waals surface area contributed by atoms with E-state index < -0.39 is 6.04 Å². The molecule has 0 saturated carbocycles. The Kier molecular flexibility index (Phi) is 10.2. The first-order valence-electron chi connectivity index (χ1n) is 8.20. The van der Waals surface area contributed by atoms with E-state index in [0.29, 0.717) is 0 Å². The fourth-order valence-electron chi connectivity index (χ4n) is 2.44. The number of carbonyl (C=O) groups is 1. The molecule has 0 aliphatic rings. The molecule has 0 rings (SSSR count). The molecule has 0 aromatic carbocycles. The van der Waals surface area contributed by atoms with Crippen LogP contribution in [0, 0.1) is 16.7 Å². The lowest BCUT2D eigenvalue weighted by molar-refractivity contribution is -0.131. The number of amides is 1. The van der Waals surface area contributed by atoms with E-state index in [9.17, 15) is 4.79 Å². The van der Waals surface area contributed by atoms with Gasteiger partial charge >= 0.3 is 0 Å². The average molecular weight is 280 g/mol. The number of hydrogen-bond donors (Lipinski definition) is 1. The van der Waals surface area contributed by atoms with Crippen LogP contribution < -0.4 is 5.32 Å². The van der Waals surface area contributed by atoms with Crippen LogP contribution in [0.3, 0.4) is 0 Å². The van der Waals surface area contributed by atoms with E-state index in [1.165, 1.54) is 25.7 Å². The third-order valence-corrected chi connectivity index (χ3v) is 4.00. The second-order valence-corrected chi connectivity index (χ2v) is 6.15. The van der Waals surface area contributed by atoms with Crippen molar-refractivity contribution in [2.24, 2.45) is 5.41 Å². The fraction of sp³-hybridized carbons (Fsp3) is 0.882. The van der Waals surface area contributed by atoms with Crippen molar-refractivity contribution in [1.82, 2.24) is 5.32 Å². The molecule has 1 N–H and O–H groups in total. The highest BCUT2D eigenvalue weighted by Crippen LogP contribution is 2.31. The summed E-state index contributed by atoms with van der Waals surface area (Å²) in [4.78, 5) is 12.4. The quantitative estimate of drug-likeness (QED) is 0.563. The van der Waals surface area contributed by atoms with Crippen LogP contribution in [0.4, 0.5) is 0 Å². The topological polar surface area (TPSA) is 52.9 Å². The van der Waals surface area contributed by atoms with E-state index in [1.54, 1.807) is 6.92 Å². The highest BCUT2D eigenvalue weighted by Gasteiger charge is 2.32. The molecule has 0 saturated heterocycles. The third-order valence-electron chi connectivity index (χ3n) is 4.00. The first-order chi connectivity index (χ1) is 9.50. The zero-order valence-corrected chi connectivity index (χ0v) is 13.8. The van der Waals surface area contributed by atoms with Crippen LogP contribution in [0.1, 0.15) is 85.5 Å². The second kappa shape index (κ2) is 10.7. The van der Waals surface area contributed by atoms with Gasteiger partial charge in [0.25, 0.3) is 0 Å². The highest BCUT2D eigenvalue weighted by molar-refractivity contribution is 5.82. The molecule has 0 aromatic heterocycles. The number of nitriles is 1. The van der Waals surface area contributed by atoms with Gasteiger partial charge in [0.1, 0.15) is 6.04 Å². The molecular formula is C17H32N2O. The maximum atomic E-state index is 12.4. The molecule has 1 amide bonds. The van der Waals surface area contributed by atoms with Crippen molar-refractivity contribution in [3.8, 4) is 6.07 Å². The number of rotatable bonds is 11. The summed E-state index contributed by atoms with van der Waals surface area (Å²) in [6.45, 7) is 8.15. The Morgan fingerprint density at radius 3 is 2.20 bits per heavy atom. The van der Waals surface area contributed by atoms with Crippen LogP contribution in [0.5, 0.6) is 0 Å². The van der Waals surface area contributed by atoms with Gasteiger partial charge in [-0.3, -0.25) is 4.79 Å². The molecule has 116 valence electrons. The molecule has 0 aliphatic heterocycles. The van der Waals surface area contributed by atoms with Gasteiger partial charge in [-0.25, -0.2) is 0 Å². The summed E-state index contributed by atoms with van der Waals surface area (Å²) in [7, 11) is 0. The van der Waals surface area contributed by atoms with Crippen LogP contribution in [-0.4, -0.2) is 11.9 Å². The zero-order chi connectivity index (χ0) is 15.4. The van der Waals surface area contributed by atoms with E-state index in [-0.39, 0.29) is 11.3 Å². The van der Waals surface area contributed by atoms with Crippen LogP contribution in [-0.2, 0) is 4.79 Å². The minimum atomic E-state index is -0.399. The Balaban J connectivity index is 4.41. The molecule has 0 aromatic rings. The van der Waals surface area contributed by atoms with Crippen molar-refractivity contribution in [2.45, 2.75) is 91.5 Å². The van der Waals surface area contributed by atoms with Crippen LogP contribution in [0.25, 0.3) is 0 Å². The minimum Gasteiger partial charge on any atom is -0.340 e. The summed E-state index contributed by atoms with van der Waals surface area (Å²) in [5.41, 5.74) is -0.312. The van der Waals surface area contributed by atoms with Crippen LogP contribution >= 0.6 is 0 Å². The summed E-state index contributed by atoms with van der Waals surface area (Å²) in [6.07, 6.45) is 10.1. The van der Waals surface area contributed by atoms with E-state index in [0.717, 1.165) is 32.1 Å². The summed E-state index contributed by atoms with van der Waals surface area (Å²) in [5.74, 6) is 0.0514. The predicted octanol–water partition coefficient (Wildman–Crippen LogP) is 4.57. The van der Waals surface area contributed by atoms with E-state index in [2.05, 4.69) is 32.2 Å². The van der Waals surface area contributed by atoms with Gasteiger partial charge in [-0.2, -0.15) is 5.26 Å². The van der Waals surface area contributed by atoms with Crippen molar-refractivity contribution in [3.05, 3.63) is 0 Å².